The van der Waals surface area contributed by atoms with Crippen molar-refractivity contribution in [3.8, 4) is 17.6 Å². The van der Waals surface area contributed by atoms with Gasteiger partial charge in [0.1, 0.15) is 5.25 Å². The quantitative estimate of drug-likeness (QED) is 0.755. The Balaban J connectivity index is 2.06. The van der Waals surface area contributed by atoms with Crippen molar-refractivity contribution < 1.29 is 27.4 Å². The molecule has 1 heterocycles. The van der Waals surface area contributed by atoms with E-state index in [0.29, 0.717) is 17.1 Å². The normalized spacial score (nSPS) is 28.0. The van der Waals surface area contributed by atoms with Crippen LogP contribution in [0.15, 0.2) is 18.2 Å². The molecule has 0 radical (unpaired) electrons. The van der Waals surface area contributed by atoms with Gasteiger partial charge < -0.3 is 14.2 Å². The summed E-state index contributed by atoms with van der Waals surface area (Å²) in [5.41, 5.74) is -1.17. The third-order valence-electron chi connectivity index (χ3n) is 4.15. The second kappa shape index (κ2) is 5.13. The topological polar surface area (TPSA) is 103 Å². The molecule has 0 unspecified atom stereocenters. The van der Waals surface area contributed by atoms with E-state index in [1.807, 2.05) is 6.07 Å². The van der Waals surface area contributed by atoms with E-state index in [2.05, 4.69) is 0 Å². The van der Waals surface area contributed by atoms with Gasteiger partial charge in [-0.25, -0.2) is 8.42 Å². The second-order valence-corrected chi connectivity index (χ2v) is 7.71. The number of benzene rings is 1. The van der Waals surface area contributed by atoms with E-state index in [0.717, 1.165) is 6.26 Å². The predicted octanol–water partition coefficient (Wildman–Crippen LogP) is 0.999. The molecule has 0 aromatic heterocycles. The lowest BCUT2D eigenvalue weighted by molar-refractivity contribution is -0.147. The zero-order valence-corrected chi connectivity index (χ0v) is 13.4. The van der Waals surface area contributed by atoms with Crippen LogP contribution in [0.1, 0.15) is 18.4 Å². The maximum atomic E-state index is 12.3. The minimum absolute atomic E-state index is 0.0760. The molecule has 3 rings (SSSR count). The Bertz CT molecular complexity index is 812. The molecule has 0 N–H and O–H groups in total. The maximum absolute atomic E-state index is 12.3. The fourth-order valence-electron chi connectivity index (χ4n) is 3.16. The van der Waals surface area contributed by atoms with Gasteiger partial charge in [-0.3, -0.25) is 4.79 Å². The molecule has 0 amide bonds. The number of fused-ring (bicyclic) bond motifs is 1. The van der Waals surface area contributed by atoms with Crippen molar-refractivity contribution in [3.63, 3.8) is 0 Å². The van der Waals surface area contributed by atoms with E-state index < -0.39 is 32.4 Å². The average molecular weight is 337 g/mol. The van der Waals surface area contributed by atoms with Gasteiger partial charge >= 0.3 is 5.97 Å². The molecule has 122 valence electrons. The van der Waals surface area contributed by atoms with E-state index in [4.69, 9.17) is 14.2 Å². The van der Waals surface area contributed by atoms with Crippen LogP contribution in [0.4, 0.5) is 0 Å². The minimum atomic E-state index is -3.62. The highest BCUT2D eigenvalue weighted by molar-refractivity contribution is 7.91. The summed E-state index contributed by atoms with van der Waals surface area (Å²) < 4.78 is 39.6. The molecule has 0 saturated heterocycles. The van der Waals surface area contributed by atoms with Crippen LogP contribution in [0.5, 0.6) is 11.5 Å². The molecule has 1 aromatic rings. The summed E-state index contributed by atoms with van der Waals surface area (Å²) in [4.78, 5) is 12.3. The number of nitrogens with zero attached hydrogens (tertiary/aromatic N) is 1. The molecule has 1 aliphatic heterocycles. The third kappa shape index (κ3) is 2.23. The monoisotopic (exact) mass is 337 g/mol. The third-order valence-corrected chi connectivity index (χ3v) is 5.71. The Labute approximate surface area is 133 Å². The summed E-state index contributed by atoms with van der Waals surface area (Å²) in [6.07, 6.45) is 1.02. The van der Waals surface area contributed by atoms with Crippen molar-refractivity contribution in [1.82, 2.24) is 0 Å². The summed E-state index contributed by atoms with van der Waals surface area (Å²) in [5.74, 6) is -0.571. The highest BCUT2D eigenvalue weighted by atomic mass is 32.2. The molecule has 3 atom stereocenters. The molecule has 8 heteroatoms. The van der Waals surface area contributed by atoms with Crippen LogP contribution in [0.25, 0.3) is 0 Å². The molecule has 0 bridgehead atoms. The molecule has 1 aliphatic carbocycles. The van der Waals surface area contributed by atoms with Crippen molar-refractivity contribution in [2.45, 2.75) is 18.1 Å². The molecule has 1 fully saturated rings. The summed E-state index contributed by atoms with van der Waals surface area (Å²) in [6, 6.07) is 6.79. The van der Waals surface area contributed by atoms with Gasteiger partial charge in [0.05, 0.1) is 12.7 Å². The number of carbonyl (C=O) groups is 1. The highest BCUT2D eigenvalue weighted by Gasteiger charge is 2.76. The maximum Gasteiger partial charge on any atom is 0.328 e. The number of hydrogen-bond acceptors (Lipinski definition) is 7. The summed E-state index contributed by atoms with van der Waals surface area (Å²) in [7, 11) is -3.62. The fraction of sp³-hybridized carbons (Fsp3) is 0.467. The minimum Gasteiger partial charge on any atom is -0.465 e. The van der Waals surface area contributed by atoms with Crippen LogP contribution < -0.4 is 9.47 Å². The fourth-order valence-corrected chi connectivity index (χ4v) is 4.92. The molecular formula is C15H15NO6S. The Morgan fingerprint density at radius 2 is 2.13 bits per heavy atom. The van der Waals surface area contributed by atoms with Crippen molar-refractivity contribution in [2.75, 3.05) is 19.7 Å². The SMILES string of the molecule is CCOC(=O)[C@]1(C#N)[C@@H](c2ccc3c(c2)OCO3)[C@@H]1S(C)(=O)=O. The second-order valence-electron chi connectivity index (χ2n) is 5.54. The summed E-state index contributed by atoms with van der Waals surface area (Å²) in [5, 5.41) is 8.42. The van der Waals surface area contributed by atoms with Crippen LogP contribution >= 0.6 is 0 Å². The van der Waals surface area contributed by atoms with E-state index in [1.165, 1.54) is 0 Å². The molecule has 7 nitrogen and oxygen atoms in total. The molecular weight excluding hydrogens is 322 g/mol. The first kappa shape index (κ1) is 15.6. The molecule has 1 saturated carbocycles. The van der Waals surface area contributed by atoms with E-state index in [-0.39, 0.29) is 13.4 Å². The predicted molar refractivity (Wildman–Crippen MR) is 78.6 cm³/mol. The van der Waals surface area contributed by atoms with Gasteiger partial charge in [0.15, 0.2) is 26.8 Å². The highest BCUT2D eigenvalue weighted by Crippen LogP contribution is 2.63. The number of sulfone groups is 1. The first-order valence-electron chi connectivity index (χ1n) is 7.03. The summed E-state index contributed by atoms with van der Waals surface area (Å²) in [6.45, 7) is 1.77. The molecule has 23 heavy (non-hydrogen) atoms. The standard InChI is InChI=1S/C15H15NO6S/c1-3-20-14(17)15(7-16)12(13(15)23(2,18)19)9-4-5-10-11(6-9)22-8-21-10/h4-6,12-13H,3,8H2,1-2H3/t12-,13-,15+/m0/s1. The first-order chi connectivity index (χ1) is 10.9. The van der Waals surface area contributed by atoms with Crippen LogP contribution in [-0.4, -0.2) is 39.3 Å². The van der Waals surface area contributed by atoms with Crippen molar-refractivity contribution in [2.24, 2.45) is 5.41 Å². The van der Waals surface area contributed by atoms with Gasteiger partial charge in [-0.1, -0.05) is 6.07 Å². The number of nitriles is 1. The molecule has 1 aromatic carbocycles. The van der Waals surface area contributed by atoms with Crippen LogP contribution in [0, 0.1) is 16.7 Å². The number of hydrogen-bond donors (Lipinski definition) is 0. The number of esters is 1. The lowest BCUT2D eigenvalue weighted by atomic mass is 10.0. The number of carbonyl (C=O) groups excluding carboxylic acids is 1. The van der Waals surface area contributed by atoms with Crippen molar-refractivity contribution in [1.29, 1.82) is 5.26 Å². The van der Waals surface area contributed by atoms with Crippen LogP contribution in [0.2, 0.25) is 0 Å². The molecule has 2 aliphatic rings. The Kier molecular flexibility index (Phi) is 3.48. The van der Waals surface area contributed by atoms with E-state index in [9.17, 15) is 18.5 Å². The lowest BCUT2D eigenvalue weighted by Crippen LogP contribution is -2.24. The zero-order chi connectivity index (χ0) is 16.8. The van der Waals surface area contributed by atoms with Gasteiger partial charge in [-0.2, -0.15) is 5.26 Å². The average Bonchev–Trinajstić information content (AvgIpc) is 3.00. The van der Waals surface area contributed by atoms with Gasteiger partial charge in [0.2, 0.25) is 6.79 Å². The van der Waals surface area contributed by atoms with E-state index in [1.54, 1.807) is 25.1 Å². The largest absolute Gasteiger partial charge is 0.465 e. The van der Waals surface area contributed by atoms with Crippen LogP contribution in [0.3, 0.4) is 0 Å². The first-order valence-corrected chi connectivity index (χ1v) is 8.98. The Morgan fingerprint density at radius 3 is 2.74 bits per heavy atom. The van der Waals surface area contributed by atoms with Gasteiger partial charge in [0, 0.05) is 12.2 Å². The van der Waals surface area contributed by atoms with Gasteiger partial charge in [-0.15, -0.1) is 0 Å². The lowest BCUT2D eigenvalue weighted by Gasteiger charge is -2.08. The van der Waals surface area contributed by atoms with Crippen molar-refractivity contribution >= 4 is 15.8 Å². The summed E-state index contributed by atoms with van der Waals surface area (Å²) >= 11 is 0. The Hall–Kier alpha value is -2.27. The van der Waals surface area contributed by atoms with E-state index >= 15 is 0 Å². The smallest absolute Gasteiger partial charge is 0.328 e. The van der Waals surface area contributed by atoms with Gasteiger partial charge in [-0.05, 0) is 24.6 Å². The van der Waals surface area contributed by atoms with Gasteiger partial charge in [0.25, 0.3) is 0 Å². The van der Waals surface area contributed by atoms with Crippen molar-refractivity contribution in [3.05, 3.63) is 23.8 Å². The molecule has 0 spiro atoms. The van der Waals surface area contributed by atoms with Crippen LogP contribution in [-0.2, 0) is 19.4 Å². The number of rotatable bonds is 4. The zero-order valence-electron chi connectivity index (χ0n) is 12.6. The Morgan fingerprint density at radius 1 is 1.43 bits per heavy atom. The number of ether oxygens (including phenoxy) is 3.